The van der Waals surface area contributed by atoms with Gasteiger partial charge in [-0.2, -0.15) is 5.10 Å². The quantitative estimate of drug-likeness (QED) is 0.808. The highest BCUT2D eigenvalue weighted by atomic mass is 35.5. The average molecular weight is 242 g/mol. The first-order valence-corrected chi connectivity index (χ1v) is 5.27. The molecule has 2 N–H and O–H groups in total. The smallest absolute Gasteiger partial charge is 0.122 e. The minimum Gasteiger partial charge on any atom is -0.386 e. The van der Waals surface area contributed by atoms with Crippen LogP contribution in [-0.4, -0.2) is 11.5 Å². The van der Waals surface area contributed by atoms with Gasteiger partial charge in [-0.1, -0.05) is 35.3 Å². The number of nitrogens with zero attached hydrogens (tertiary/aromatic N) is 2. The van der Waals surface area contributed by atoms with Gasteiger partial charge in [0.1, 0.15) is 5.84 Å². The second-order valence-electron chi connectivity index (χ2n) is 3.24. The molecule has 0 aromatic heterocycles. The molecular weight excluding hydrogens is 233 g/mol. The molecule has 0 saturated heterocycles. The van der Waals surface area contributed by atoms with Crippen molar-refractivity contribution in [2.75, 3.05) is 0 Å². The number of hydrogen-bond donors (Lipinski definition) is 1. The molecule has 0 bridgehead atoms. The molecule has 0 spiro atoms. The van der Waals surface area contributed by atoms with Crippen LogP contribution < -0.4 is 5.73 Å². The van der Waals surface area contributed by atoms with E-state index in [0.717, 1.165) is 17.7 Å². The van der Waals surface area contributed by atoms with Crippen LogP contribution in [0, 0.1) is 0 Å². The van der Waals surface area contributed by atoms with E-state index >= 15 is 0 Å². The molecule has 0 aliphatic carbocycles. The van der Waals surface area contributed by atoms with E-state index in [4.69, 9.17) is 28.9 Å². The Labute approximate surface area is 97.6 Å². The van der Waals surface area contributed by atoms with Crippen LogP contribution in [0.3, 0.4) is 0 Å². The Hall–Kier alpha value is -1.06. The molecule has 1 aromatic rings. The molecule has 0 fully saturated rings. The van der Waals surface area contributed by atoms with Gasteiger partial charge in [0.2, 0.25) is 0 Å². The molecule has 0 atom stereocenters. The molecule has 0 saturated carbocycles. The molecule has 5 heteroatoms. The Morgan fingerprint density at radius 3 is 2.60 bits per heavy atom. The van der Waals surface area contributed by atoms with Gasteiger partial charge < -0.3 is 5.73 Å². The van der Waals surface area contributed by atoms with Crippen molar-refractivity contribution in [3.63, 3.8) is 0 Å². The predicted octanol–water partition coefficient (Wildman–Crippen LogP) is 2.85. The van der Waals surface area contributed by atoms with Crippen molar-refractivity contribution in [2.45, 2.75) is 12.8 Å². The van der Waals surface area contributed by atoms with E-state index < -0.39 is 0 Å². The minimum atomic E-state index is 0.522. The van der Waals surface area contributed by atoms with Crippen LogP contribution in [0.15, 0.2) is 28.4 Å². The Balaban J connectivity index is 2.43. The molecule has 1 aromatic carbocycles. The van der Waals surface area contributed by atoms with Gasteiger partial charge in [-0.05, 0) is 12.5 Å². The van der Waals surface area contributed by atoms with Crippen molar-refractivity contribution in [3.8, 4) is 0 Å². The molecule has 0 unspecified atom stereocenters. The van der Waals surface area contributed by atoms with E-state index in [1.165, 1.54) is 0 Å². The first-order chi connectivity index (χ1) is 7.18. The predicted molar refractivity (Wildman–Crippen MR) is 63.9 cm³/mol. The normalized spacial score (nSPS) is 15.9. The number of amidine groups is 1. The summed E-state index contributed by atoms with van der Waals surface area (Å²) in [4.78, 5) is 0. The lowest BCUT2D eigenvalue weighted by molar-refractivity contribution is 1.02. The van der Waals surface area contributed by atoms with Gasteiger partial charge in [0.25, 0.3) is 0 Å². The Morgan fingerprint density at radius 2 is 1.93 bits per heavy atom. The van der Waals surface area contributed by atoms with Crippen molar-refractivity contribution in [1.82, 2.24) is 0 Å². The number of nitrogens with two attached hydrogens (primary N) is 1. The fourth-order valence-electron chi connectivity index (χ4n) is 1.39. The molecule has 3 nitrogen and oxygen atoms in total. The zero-order valence-electron chi connectivity index (χ0n) is 7.87. The summed E-state index contributed by atoms with van der Waals surface area (Å²) in [6, 6.07) is 5.46. The third-order valence-corrected chi connectivity index (χ3v) is 3.00. The second kappa shape index (κ2) is 4.21. The number of halogens is 2. The molecule has 2 rings (SSSR count). The van der Waals surface area contributed by atoms with Gasteiger partial charge in [0.05, 0.1) is 15.8 Å². The molecule has 78 valence electrons. The van der Waals surface area contributed by atoms with Crippen molar-refractivity contribution in [1.29, 1.82) is 0 Å². The molecule has 15 heavy (non-hydrogen) atoms. The SMILES string of the molecule is NC1=NN=C(c2cccc(Cl)c2Cl)CC1. The van der Waals surface area contributed by atoms with Crippen LogP contribution >= 0.6 is 23.2 Å². The number of hydrogen-bond acceptors (Lipinski definition) is 3. The van der Waals surface area contributed by atoms with Crippen molar-refractivity contribution in [2.24, 2.45) is 15.9 Å². The van der Waals surface area contributed by atoms with Gasteiger partial charge in [-0.25, -0.2) is 0 Å². The van der Waals surface area contributed by atoms with Crippen LogP contribution in [0.4, 0.5) is 0 Å². The maximum atomic E-state index is 6.07. The number of benzene rings is 1. The van der Waals surface area contributed by atoms with Crippen molar-refractivity contribution >= 4 is 34.7 Å². The monoisotopic (exact) mass is 241 g/mol. The van der Waals surface area contributed by atoms with E-state index in [1.54, 1.807) is 6.07 Å². The summed E-state index contributed by atoms with van der Waals surface area (Å²) in [7, 11) is 0. The number of rotatable bonds is 1. The van der Waals surface area contributed by atoms with Gasteiger partial charge in [0, 0.05) is 12.0 Å². The van der Waals surface area contributed by atoms with Gasteiger partial charge in [0.15, 0.2) is 0 Å². The van der Waals surface area contributed by atoms with Crippen LogP contribution in [0.25, 0.3) is 0 Å². The maximum Gasteiger partial charge on any atom is 0.122 e. The van der Waals surface area contributed by atoms with Gasteiger partial charge >= 0.3 is 0 Å². The Kier molecular flexibility index (Phi) is 2.93. The highest BCUT2D eigenvalue weighted by Gasteiger charge is 2.14. The van der Waals surface area contributed by atoms with E-state index in [-0.39, 0.29) is 0 Å². The maximum absolute atomic E-state index is 6.07. The van der Waals surface area contributed by atoms with Crippen molar-refractivity contribution < 1.29 is 0 Å². The summed E-state index contributed by atoms with van der Waals surface area (Å²) in [5, 5.41) is 8.91. The molecule has 0 amide bonds. The fraction of sp³-hybridized carbons (Fsp3) is 0.200. The Morgan fingerprint density at radius 1 is 1.13 bits per heavy atom. The van der Waals surface area contributed by atoms with E-state index in [1.807, 2.05) is 12.1 Å². The van der Waals surface area contributed by atoms with Gasteiger partial charge in [-0.15, -0.1) is 5.10 Å². The van der Waals surface area contributed by atoms with Crippen LogP contribution in [0.5, 0.6) is 0 Å². The molecule has 1 aliphatic heterocycles. The largest absolute Gasteiger partial charge is 0.386 e. The lowest BCUT2D eigenvalue weighted by Gasteiger charge is -2.11. The van der Waals surface area contributed by atoms with Crippen LogP contribution in [0.1, 0.15) is 18.4 Å². The summed E-state index contributed by atoms with van der Waals surface area (Å²) in [6.45, 7) is 0. The summed E-state index contributed by atoms with van der Waals surface area (Å²) in [6.07, 6.45) is 1.46. The molecular formula is C10H9Cl2N3. The minimum absolute atomic E-state index is 0.522. The topological polar surface area (TPSA) is 50.7 Å². The van der Waals surface area contributed by atoms with Crippen LogP contribution in [0.2, 0.25) is 10.0 Å². The summed E-state index contributed by atoms with van der Waals surface area (Å²) in [5.74, 6) is 0.553. The summed E-state index contributed by atoms with van der Waals surface area (Å²) in [5.41, 5.74) is 7.19. The summed E-state index contributed by atoms with van der Waals surface area (Å²) >= 11 is 12.0. The highest BCUT2D eigenvalue weighted by Crippen LogP contribution is 2.27. The highest BCUT2D eigenvalue weighted by molar-refractivity contribution is 6.44. The fourth-order valence-corrected chi connectivity index (χ4v) is 1.80. The van der Waals surface area contributed by atoms with Crippen LogP contribution in [-0.2, 0) is 0 Å². The second-order valence-corrected chi connectivity index (χ2v) is 4.02. The van der Waals surface area contributed by atoms with E-state index in [2.05, 4.69) is 10.2 Å². The lowest BCUT2D eigenvalue weighted by Crippen LogP contribution is -2.17. The van der Waals surface area contributed by atoms with Gasteiger partial charge in [-0.3, -0.25) is 0 Å². The van der Waals surface area contributed by atoms with E-state index in [9.17, 15) is 0 Å². The zero-order valence-corrected chi connectivity index (χ0v) is 9.39. The first kappa shape index (κ1) is 10.5. The Bertz CT molecular complexity index is 452. The molecule has 1 heterocycles. The molecule has 0 radical (unpaired) electrons. The first-order valence-electron chi connectivity index (χ1n) is 4.51. The third kappa shape index (κ3) is 2.13. The standard InChI is InChI=1S/C10H9Cl2N3/c11-7-3-1-2-6(10(7)12)8-4-5-9(13)15-14-8/h1-3H,4-5H2,(H2,13,15). The lowest BCUT2D eigenvalue weighted by atomic mass is 10.0. The van der Waals surface area contributed by atoms with Crippen molar-refractivity contribution in [3.05, 3.63) is 33.8 Å². The van der Waals surface area contributed by atoms with E-state index in [0.29, 0.717) is 22.3 Å². The zero-order chi connectivity index (χ0) is 10.8. The molecule has 1 aliphatic rings. The third-order valence-electron chi connectivity index (χ3n) is 2.18. The summed E-state index contributed by atoms with van der Waals surface area (Å²) < 4.78 is 0. The average Bonchev–Trinajstić information content (AvgIpc) is 2.24.